The molecule has 1 aliphatic rings. The number of methoxy groups -OCH3 is 1. The number of amides is 1. The van der Waals surface area contributed by atoms with Crippen molar-refractivity contribution in [2.24, 2.45) is 0 Å². The van der Waals surface area contributed by atoms with E-state index in [4.69, 9.17) is 20.9 Å². The van der Waals surface area contributed by atoms with Crippen molar-refractivity contribution in [3.63, 3.8) is 0 Å². The number of hydrogen-bond donors (Lipinski definition) is 0. The highest BCUT2D eigenvalue weighted by atomic mass is 35.5. The van der Waals surface area contributed by atoms with Gasteiger partial charge >= 0.3 is 0 Å². The molecule has 6 nitrogen and oxygen atoms in total. The number of halogens is 1. The lowest BCUT2D eigenvalue weighted by Gasteiger charge is -2.33. The molecule has 29 heavy (non-hydrogen) atoms. The van der Waals surface area contributed by atoms with E-state index in [0.29, 0.717) is 29.7 Å². The number of carbonyl (C=O) groups is 1. The lowest BCUT2D eigenvalue weighted by Crippen LogP contribution is -2.39. The highest BCUT2D eigenvalue weighted by Crippen LogP contribution is 2.32. The van der Waals surface area contributed by atoms with Gasteiger partial charge in [-0.15, -0.1) is 0 Å². The number of aromatic nitrogens is 2. The molecule has 1 atom stereocenters. The van der Waals surface area contributed by atoms with Crippen LogP contribution in [0.4, 0.5) is 0 Å². The number of carbonyl (C=O) groups excluding carboxylic acids is 1. The summed E-state index contributed by atoms with van der Waals surface area (Å²) in [4.78, 5) is 19.4. The molecule has 0 radical (unpaired) electrons. The van der Waals surface area contributed by atoms with Crippen LogP contribution in [-0.4, -0.2) is 34.6 Å². The first kappa shape index (κ1) is 19.5. The van der Waals surface area contributed by atoms with Crippen molar-refractivity contribution in [3.8, 4) is 17.1 Å². The minimum absolute atomic E-state index is 0.0578. The molecule has 0 bridgehead atoms. The van der Waals surface area contributed by atoms with Crippen LogP contribution in [0.1, 0.15) is 36.8 Å². The number of nitrogens with zero attached hydrogens (tertiary/aromatic N) is 3. The summed E-state index contributed by atoms with van der Waals surface area (Å²) in [6, 6.07) is 14.7. The molecular weight excluding hydrogens is 390 g/mol. The van der Waals surface area contributed by atoms with Crippen molar-refractivity contribution in [3.05, 3.63) is 65.0 Å². The predicted octanol–water partition coefficient (Wildman–Crippen LogP) is 4.69. The first-order valence-corrected chi connectivity index (χ1v) is 10.0. The molecule has 0 spiro atoms. The van der Waals surface area contributed by atoms with Crippen LogP contribution in [0.25, 0.3) is 11.4 Å². The zero-order valence-electron chi connectivity index (χ0n) is 16.2. The summed E-state index contributed by atoms with van der Waals surface area (Å²) in [5.41, 5.74) is 1.74. The second kappa shape index (κ2) is 8.66. The maximum absolute atomic E-state index is 13.0. The van der Waals surface area contributed by atoms with Gasteiger partial charge in [0.05, 0.1) is 13.5 Å². The first-order chi connectivity index (χ1) is 14.1. The Bertz CT molecular complexity index is 987. The Kier molecular flexibility index (Phi) is 5.81. The van der Waals surface area contributed by atoms with E-state index in [2.05, 4.69) is 10.1 Å². The molecule has 1 aromatic heterocycles. The lowest BCUT2D eigenvalue weighted by atomic mass is 10.0. The number of benzene rings is 2. The SMILES string of the molecule is COc1ccc(CC(=O)N2CCCCC2c2nc(-c3cccc(Cl)c3)no2)cc1. The van der Waals surface area contributed by atoms with Gasteiger partial charge in [0.2, 0.25) is 17.6 Å². The van der Waals surface area contributed by atoms with Gasteiger partial charge in [-0.1, -0.05) is 41.0 Å². The molecule has 150 valence electrons. The van der Waals surface area contributed by atoms with E-state index in [1.54, 1.807) is 19.2 Å². The van der Waals surface area contributed by atoms with Gasteiger partial charge in [-0.25, -0.2) is 0 Å². The molecule has 0 N–H and O–H groups in total. The summed E-state index contributed by atoms with van der Waals surface area (Å²) in [6.07, 6.45) is 3.13. The minimum atomic E-state index is -0.199. The average Bonchev–Trinajstić information content (AvgIpc) is 3.24. The van der Waals surface area contributed by atoms with Crippen molar-refractivity contribution >= 4 is 17.5 Å². The van der Waals surface area contributed by atoms with Gasteiger partial charge in [-0.3, -0.25) is 4.79 Å². The Balaban J connectivity index is 1.52. The van der Waals surface area contributed by atoms with E-state index >= 15 is 0 Å². The zero-order valence-corrected chi connectivity index (χ0v) is 16.9. The maximum Gasteiger partial charge on any atom is 0.249 e. The van der Waals surface area contributed by atoms with Crippen molar-refractivity contribution in [1.82, 2.24) is 15.0 Å². The highest BCUT2D eigenvalue weighted by molar-refractivity contribution is 6.30. The third-order valence-corrected chi connectivity index (χ3v) is 5.38. The van der Waals surface area contributed by atoms with Crippen LogP contribution in [0.2, 0.25) is 5.02 Å². The molecule has 4 rings (SSSR count). The Hall–Kier alpha value is -2.86. The molecule has 1 saturated heterocycles. The van der Waals surface area contributed by atoms with Crippen LogP contribution in [0.5, 0.6) is 5.75 Å². The Morgan fingerprint density at radius 2 is 2.07 bits per heavy atom. The minimum Gasteiger partial charge on any atom is -0.497 e. The van der Waals surface area contributed by atoms with Crippen LogP contribution >= 0.6 is 11.6 Å². The fourth-order valence-corrected chi connectivity index (χ4v) is 3.81. The van der Waals surface area contributed by atoms with Gasteiger partial charge in [0.15, 0.2) is 0 Å². The summed E-state index contributed by atoms with van der Waals surface area (Å²) in [7, 11) is 1.63. The number of rotatable bonds is 5. The van der Waals surface area contributed by atoms with Crippen molar-refractivity contribution in [2.75, 3.05) is 13.7 Å². The standard InChI is InChI=1S/C22H22ClN3O3/c1-28-18-10-8-15(9-11-18)13-20(27)26-12-3-2-7-19(26)22-24-21(25-29-22)16-5-4-6-17(23)14-16/h4-6,8-11,14,19H,2-3,7,12-13H2,1H3. The van der Waals surface area contributed by atoms with E-state index in [1.807, 2.05) is 41.3 Å². The molecule has 2 heterocycles. The molecule has 0 saturated carbocycles. The second-order valence-electron chi connectivity index (χ2n) is 7.09. The van der Waals surface area contributed by atoms with Crippen LogP contribution < -0.4 is 4.74 Å². The van der Waals surface area contributed by atoms with E-state index in [0.717, 1.165) is 36.1 Å². The van der Waals surface area contributed by atoms with Crippen molar-refractivity contribution in [1.29, 1.82) is 0 Å². The Morgan fingerprint density at radius 1 is 1.24 bits per heavy atom. The summed E-state index contributed by atoms with van der Waals surface area (Å²) >= 11 is 6.06. The molecule has 7 heteroatoms. The van der Waals surface area contributed by atoms with E-state index in [-0.39, 0.29) is 11.9 Å². The number of likely N-dealkylation sites (tertiary alicyclic amines) is 1. The summed E-state index contributed by atoms with van der Waals surface area (Å²) in [6.45, 7) is 0.689. The highest BCUT2D eigenvalue weighted by Gasteiger charge is 2.32. The number of ether oxygens (including phenoxy) is 1. The number of piperidine rings is 1. The molecule has 1 aliphatic heterocycles. The van der Waals surface area contributed by atoms with E-state index in [9.17, 15) is 4.79 Å². The Morgan fingerprint density at radius 3 is 2.83 bits per heavy atom. The van der Waals surface area contributed by atoms with Crippen LogP contribution in [0.15, 0.2) is 53.1 Å². The Labute approximate surface area is 174 Å². The topological polar surface area (TPSA) is 68.5 Å². The molecular formula is C22H22ClN3O3. The zero-order chi connectivity index (χ0) is 20.2. The number of hydrogen-bond acceptors (Lipinski definition) is 5. The molecule has 1 amide bonds. The van der Waals surface area contributed by atoms with Gasteiger partial charge in [0, 0.05) is 17.1 Å². The normalized spacial score (nSPS) is 16.6. The largest absolute Gasteiger partial charge is 0.497 e. The van der Waals surface area contributed by atoms with Crippen molar-refractivity contribution < 1.29 is 14.1 Å². The van der Waals surface area contributed by atoms with E-state index < -0.39 is 0 Å². The van der Waals surface area contributed by atoms with Crippen LogP contribution in [-0.2, 0) is 11.2 Å². The summed E-state index contributed by atoms with van der Waals surface area (Å²) in [5.74, 6) is 1.79. The average molecular weight is 412 g/mol. The summed E-state index contributed by atoms with van der Waals surface area (Å²) in [5, 5.41) is 4.72. The molecule has 2 aromatic carbocycles. The van der Waals surface area contributed by atoms with Crippen LogP contribution in [0.3, 0.4) is 0 Å². The molecule has 1 fully saturated rings. The van der Waals surface area contributed by atoms with Crippen molar-refractivity contribution in [2.45, 2.75) is 31.7 Å². The van der Waals surface area contributed by atoms with E-state index in [1.165, 1.54) is 0 Å². The third-order valence-electron chi connectivity index (χ3n) is 5.15. The fraction of sp³-hybridized carbons (Fsp3) is 0.318. The van der Waals surface area contributed by atoms with Crippen LogP contribution in [0, 0.1) is 0 Å². The quantitative estimate of drug-likeness (QED) is 0.609. The van der Waals surface area contributed by atoms with Gasteiger partial charge < -0.3 is 14.2 Å². The predicted molar refractivity (Wildman–Crippen MR) is 110 cm³/mol. The smallest absolute Gasteiger partial charge is 0.249 e. The second-order valence-corrected chi connectivity index (χ2v) is 7.53. The van der Waals surface area contributed by atoms with Gasteiger partial charge in [-0.05, 0) is 49.1 Å². The lowest BCUT2D eigenvalue weighted by molar-refractivity contribution is -0.135. The van der Waals surface area contributed by atoms with Gasteiger partial charge in [0.1, 0.15) is 11.8 Å². The molecule has 3 aromatic rings. The maximum atomic E-state index is 13.0. The fourth-order valence-electron chi connectivity index (χ4n) is 3.62. The van der Waals surface area contributed by atoms with Gasteiger partial charge in [-0.2, -0.15) is 4.98 Å². The first-order valence-electron chi connectivity index (χ1n) is 9.66. The molecule has 0 aliphatic carbocycles. The summed E-state index contributed by atoms with van der Waals surface area (Å²) < 4.78 is 10.7. The molecule has 1 unspecified atom stereocenters. The van der Waals surface area contributed by atoms with Gasteiger partial charge in [0.25, 0.3) is 0 Å². The monoisotopic (exact) mass is 411 g/mol. The third kappa shape index (κ3) is 4.43.